The lowest BCUT2D eigenvalue weighted by atomic mass is 10.0. The minimum atomic E-state index is -0.166. The van der Waals surface area contributed by atoms with Crippen LogP contribution in [-0.4, -0.2) is 12.7 Å². The highest BCUT2D eigenvalue weighted by Gasteiger charge is 2.23. The monoisotopic (exact) mass is 206 g/mol. The third kappa shape index (κ3) is 2.39. The first-order valence-electron chi connectivity index (χ1n) is 5.53. The predicted molar refractivity (Wildman–Crippen MR) is 59.8 cm³/mol. The summed E-state index contributed by atoms with van der Waals surface area (Å²) in [5, 5.41) is 0. The van der Waals surface area contributed by atoms with Crippen molar-refractivity contribution in [1.29, 1.82) is 0 Å². The molecule has 0 unspecified atom stereocenters. The molecule has 2 heteroatoms. The molecule has 0 saturated carbocycles. The van der Waals surface area contributed by atoms with Crippen LogP contribution in [0.5, 0.6) is 0 Å². The van der Waals surface area contributed by atoms with E-state index in [9.17, 15) is 0 Å². The Morgan fingerprint density at radius 2 is 1.87 bits per heavy atom. The zero-order valence-corrected chi connectivity index (χ0v) is 9.57. The van der Waals surface area contributed by atoms with Gasteiger partial charge in [0.1, 0.15) is 0 Å². The van der Waals surface area contributed by atoms with E-state index in [-0.39, 0.29) is 12.4 Å². The largest absolute Gasteiger partial charge is 0.346 e. The third-order valence-corrected chi connectivity index (χ3v) is 2.71. The topological polar surface area (TPSA) is 18.5 Å². The van der Waals surface area contributed by atoms with Crippen LogP contribution < -0.4 is 0 Å². The first kappa shape index (κ1) is 10.7. The Kier molecular flexibility index (Phi) is 3.08. The van der Waals surface area contributed by atoms with Crippen molar-refractivity contribution in [2.45, 2.75) is 39.1 Å². The minimum absolute atomic E-state index is 0.166. The van der Waals surface area contributed by atoms with Crippen LogP contribution in [0.1, 0.15) is 44.1 Å². The van der Waals surface area contributed by atoms with Crippen LogP contribution in [0.4, 0.5) is 0 Å². The molecule has 15 heavy (non-hydrogen) atoms. The van der Waals surface area contributed by atoms with E-state index in [1.54, 1.807) is 0 Å². The van der Waals surface area contributed by atoms with Crippen LogP contribution >= 0.6 is 0 Å². The van der Waals surface area contributed by atoms with Gasteiger partial charge < -0.3 is 9.47 Å². The number of hydrogen-bond acceptors (Lipinski definition) is 2. The van der Waals surface area contributed by atoms with Crippen molar-refractivity contribution in [2.75, 3.05) is 6.61 Å². The SMILES string of the molecule is CC(C)c1ccc([C@H]2OC[C@@H](C)O2)cc1. The quantitative estimate of drug-likeness (QED) is 0.739. The molecule has 1 aliphatic heterocycles. The average Bonchev–Trinajstić information content (AvgIpc) is 2.65. The molecule has 1 aliphatic rings. The lowest BCUT2D eigenvalue weighted by molar-refractivity contribution is -0.0572. The molecule has 0 amide bonds. The van der Waals surface area contributed by atoms with E-state index in [4.69, 9.17) is 9.47 Å². The third-order valence-electron chi connectivity index (χ3n) is 2.71. The van der Waals surface area contributed by atoms with Crippen molar-refractivity contribution in [3.05, 3.63) is 35.4 Å². The van der Waals surface area contributed by atoms with Crippen molar-refractivity contribution < 1.29 is 9.47 Å². The molecule has 1 fully saturated rings. The van der Waals surface area contributed by atoms with Gasteiger partial charge in [-0.3, -0.25) is 0 Å². The van der Waals surface area contributed by atoms with Gasteiger partial charge in [0, 0.05) is 5.56 Å². The maximum Gasteiger partial charge on any atom is 0.184 e. The standard InChI is InChI=1S/C13H18O2/c1-9(2)11-4-6-12(7-5-11)13-14-8-10(3)15-13/h4-7,9-10,13H,8H2,1-3H3/t10-,13+/m1/s1. The summed E-state index contributed by atoms with van der Waals surface area (Å²) in [6.45, 7) is 7.11. The Bertz CT molecular complexity index is 316. The fourth-order valence-electron chi connectivity index (χ4n) is 1.73. The summed E-state index contributed by atoms with van der Waals surface area (Å²) >= 11 is 0. The zero-order chi connectivity index (χ0) is 10.8. The molecule has 0 radical (unpaired) electrons. The summed E-state index contributed by atoms with van der Waals surface area (Å²) in [7, 11) is 0. The Balaban J connectivity index is 2.10. The van der Waals surface area contributed by atoms with Gasteiger partial charge in [-0.1, -0.05) is 38.1 Å². The van der Waals surface area contributed by atoms with Crippen LogP contribution in [0.2, 0.25) is 0 Å². The molecule has 0 bridgehead atoms. The zero-order valence-electron chi connectivity index (χ0n) is 9.57. The van der Waals surface area contributed by atoms with Crippen LogP contribution in [0.3, 0.4) is 0 Å². The number of rotatable bonds is 2. The van der Waals surface area contributed by atoms with Crippen LogP contribution in [0, 0.1) is 0 Å². The highest BCUT2D eigenvalue weighted by atomic mass is 16.7. The van der Waals surface area contributed by atoms with E-state index in [1.165, 1.54) is 5.56 Å². The maximum absolute atomic E-state index is 5.63. The molecule has 1 saturated heterocycles. The van der Waals surface area contributed by atoms with Crippen LogP contribution in [0.25, 0.3) is 0 Å². The second kappa shape index (κ2) is 4.33. The number of hydrogen-bond donors (Lipinski definition) is 0. The van der Waals surface area contributed by atoms with Crippen molar-refractivity contribution in [1.82, 2.24) is 0 Å². The minimum Gasteiger partial charge on any atom is -0.346 e. The van der Waals surface area contributed by atoms with E-state index >= 15 is 0 Å². The molecule has 0 spiro atoms. The van der Waals surface area contributed by atoms with E-state index < -0.39 is 0 Å². The second-order valence-corrected chi connectivity index (χ2v) is 4.43. The van der Waals surface area contributed by atoms with Gasteiger partial charge in [-0.2, -0.15) is 0 Å². The molecule has 1 aromatic rings. The van der Waals surface area contributed by atoms with Crippen molar-refractivity contribution in [3.8, 4) is 0 Å². The van der Waals surface area contributed by atoms with Gasteiger partial charge in [0.25, 0.3) is 0 Å². The molecule has 82 valence electrons. The molecule has 2 atom stereocenters. The summed E-state index contributed by atoms with van der Waals surface area (Å²) in [6.07, 6.45) is 0.0426. The van der Waals surface area contributed by atoms with Gasteiger partial charge in [-0.25, -0.2) is 0 Å². The first-order chi connectivity index (χ1) is 7.16. The Morgan fingerprint density at radius 3 is 2.33 bits per heavy atom. The molecule has 2 rings (SSSR count). The Hall–Kier alpha value is -0.860. The van der Waals surface area contributed by atoms with Crippen LogP contribution in [0.15, 0.2) is 24.3 Å². The van der Waals surface area contributed by atoms with Crippen molar-refractivity contribution in [2.24, 2.45) is 0 Å². The fraction of sp³-hybridized carbons (Fsp3) is 0.538. The predicted octanol–water partition coefficient (Wildman–Crippen LogP) is 3.24. The molecule has 1 heterocycles. The Morgan fingerprint density at radius 1 is 1.20 bits per heavy atom. The lowest BCUT2D eigenvalue weighted by Gasteiger charge is -2.11. The maximum atomic E-state index is 5.63. The van der Waals surface area contributed by atoms with E-state index in [2.05, 4.69) is 38.1 Å². The summed E-state index contributed by atoms with van der Waals surface area (Å²) < 4.78 is 11.2. The summed E-state index contributed by atoms with van der Waals surface area (Å²) in [5.41, 5.74) is 2.47. The highest BCUT2D eigenvalue weighted by molar-refractivity contribution is 5.25. The summed E-state index contributed by atoms with van der Waals surface area (Å²) in [5.74, 6) is 0.573. The van der Waals surface area contributed by atoms with Gasteiger partial charge >= 0.3 is 0 Å². The molecule has 0 aromatic heterocycles. The van der Waals surface area contributed by atoms with Crippen LogP contribution in [-0.2, 0) is 9.47 Å². The Labute approximate surface area is 91.2 Å². The van der Waals surface area contributed by atoms with Crippen molar-refractivity contribution in [3.63, 3.8) is 0 Å². The van der Waals surface area contributed by atoms with Gasteiger partial charge in [-0.15, -0.1) is 0 Å². The highest BCUT2D eigenvalue weighted by Crippen LogP contribution is 2.27. The average molecular weight is 206 g/mol. The lowest BCUT2D eigenvalue weighted by Crippen LogP contribution is -2.02. The number of ether oxygens (including phenoxy) is 2. The normalized spacial score (nSPS) is 26.1. The molecule has 1 aromatic carbocycles. The van der Waals surface area contributed by atoms with Gasteiger partial charge in [0.2, 0.25) is 0 Å². The molecule has 0 N–H and O–H groups in total. The van der Waals surface area contributed by atoms with Crippen molar-refractivity contribution >= 4 is 0 Å². The van der Waals surface area contributed by atoms with E-state index in [0.717, 1.165) is 5.56 Å². The fourth-order valence-corrected chi connectivity index (χ4v) is 1.73. The second-order valence-electron chi connectivity index (χ2n) is 4.43. The number of benzene rings is 1. The smallest absolute Gasteiger partial charge is 0.184 e. The van der Waals surface area contributed by atoms with E-state index in [1.807, 2.05) is 6.92 Å². The van der Waals surface area contributed by atoms with E-state index in [0.29, 0.717) is 12.5 Å². The molecule has 2 nitrogen and oxygen atoms in total. The summed E-state index contributed by atoms with van der Waals surface area (Å²) in [6, 6.07) is 8.49. The molecule has 0 aliphatic carbocycles. The van der Waals surface area contributed by atoms with Gasteiger partial charge in [0.05, 0.1) is 12.7 Å². The van der Waals surface area contributed by atoms with Gasteiger partial charge in [0.15, 0.2) is 6.29 Å². The first-order valence-corrected chi connectivity index (χ1v) is 5.53. The molecular formula is C13H18O2. The van der Waals surface area contributed by atoms with Gasteiger partial charge in [-0.05, 0) is 18.4 Å². The molecular weight excluding hydrogens is 188 g/mol. The summed E-state index contributed by atoms with van der Waals surface area (Å²) in [4.78, 5) is 0.